The van der Waals surface area contributed by atoms with E-state index in [2.05, 4.69) is 0 Å². The van der Waals surface area contributed by atoms with Crippen molar-refractivity contribution in [1.82, 2.24) is 0 Å². The number of phenols is 1. The van der Waals surface area contributed by atoms with E-state index in [9.17, 15) is 0 Å². The second-order valence-corrected chi connectivity index (χ2v) is 8.49. The average Bonchev–Trinajstić information content (AvgIpc) is 1.85. The third-order valence-corrected chi connectivity index (χ3v) is 4.51. The van der Waals surface area contributed by atoms with Crippen LogP contribution in [0.4, 0.5) is 5.69 Å². The van der Waals surface area contributed by atoms with E-state index in [1.165, 1.54) is 12.1 Å². The minimum atomic E-state index is -1.94. The summed E-state index contributed by atoms with van der Waals surface area (Å²) in [4.78, 5) is 0. The topological polar surface area (TPSA) is 46.2 Å². The molecule has 1 aromatic carbocycles. The van der Waals surface area contributed by atoms with Gasteiger partial charge in [0.05, 0.1) is 0 Å². The van der Waals surface area contributed by atoms with Gasteiger partial charge < -0.3 is 0 Å². The van der Waals surface area contributed by atoms with Gasteiger partial charge in [-0.25, -0.2) is 0 Å². The van der Waals surface area contributed by atoms with Crippen LogP contribution in [0.3, 0.4) is 0 Å². The van der Waals surface area contributed by atoms with Crippen molar-refractivity contribution in [2.24, 2.45) is 0 Å². The third-order valence-electron chi connectivity index (χ3n) is 1.12. The molecule has 0 fully saturated rings. The van der Waals surface area contributed by atoms with Gasteiger partial charge in [-0.2, -0.15) is 0 Å². The summed E-state index contributed by atoms with van der Waals surface area (Å²) in [5.74, 6) is 0.112. The fourth-order valence-corrected chi connectivity index (χ4v) is 2.73. The summed E-state index contributed by atoms with van der Waals surface area (Å²) in [5.41, 5.74) is 5.93. The van der Waals surface area contributed by atoms with Gasteiger partial charge in [0.2, 0.25) is 0 Å². The van der Waals surface area contributed by atoms with Gasteiger partial charge >= 0.3 is 77.5 Å². The Labute approximate surface area is 77.5 Å². The summed E-state index contributed by atoms with van der Waals surface area (Å²) in [6.07, 6.45) is 0. The van der Waals surface area contributed by atoms with Crippen LogP contribution in [0.2, 0.25) is 0 Å². The van der Waals surface area contributed by atoms with Gasteiger partial charge in [0.15, 0.2) is 0 Å². The maximum atomic E-state index is 9.07. The molecule has 0 aromatic heterocycles. The molecular formula is C6H6AsCl2NO. The first-order valence-electron chi connectivity index (χ1n) is 2.81. The van der Waals surface area contributed by atoms with E-state index in [4.69, 9.17) is 30.7 Å². The molecule has 0 saturated heterocycles. The first-order valence-corrected chi connectivity index (χ1v) is 8.68. The maximum absolute atomic E-state index is 9.07. The second-order valence-electron chi connectivity index (χ2n) is 2.02. The molecule has 0 spiro atoms. The van der Waals surface area contributed by atoms with Crippen LogP contribution in [0.25, 0.3) is 0 Å². The number of rotatable bonds is 1. The van der Waals surface area contributed by atoms with Crippen molar-refractivity contribution in [2.45, 2.75) is 0 Å². The molecule has 1 aromatic rings. The summed E-state index contributed by atoms with van der Waals surface area (Å²) in [5, 5.41) is 9.07. The Balaban J connectivity index is 3.08. The Bertz CT molecular complexity index is 247. The fraction of sp³-hybridized carbons (Fsp3) is 0. The molecule has 60 valence electrons. The Morgan fingerprint density at radius 2 is 1.91 bits per heavy atom. The van der Waals surface area contributed by atoms with Crippen LogP contribution in [0.5, 0.6) is 5.75 Å². The number of anilines is 1. The number of nitrogen functional groups attached to an aromatic ring is 1. The Morgan fingerprint density at radius 3 is 2.36 bits per heavy atom. The summed E-state index contributed by atoms with van der Waals surface area (Å²) < 4.78 is 0.748. The van der Waals surface area contributed by atoms with Gasteiger partial charge in [0.1, 0.15) is 0 Å². The first-order chi connectivity index (χ1) is 5.09. The van der Waals surface area contributed by atoms with Crippen molar-refractivity contribution >= 4 is 42.7 Å². The molecule has 0 saturated carbocycles. The molecule has 0 amide bonds. The third kappa shape index (κ3) is 2.48. The van der Waals surface area contributed by atoms with Gasteiger partial charge in [-0.15, -0.1) is 0 Å². The molecular weight excluding hydrogens is 248 g/mol. The zero-order chi connectivity index (χ0) is 8.43. The summed E-state index contributed by atoms with van der Waals surface area (Å²) in [6.45, 7) is 0. The van der Waals surface area contributed by atoms with Gasteiger partial charge in [0, 0.05) is 0 Å². The standard InChI is InChI=1S/C6H6AsCl2NO/c8-7(9)4-1-5(10)3-6(11)2-4/h1-3,11H,10H2. The normalized spacial score (nSPS) is 10.5. The van der Waals surface area contributed by atoms with Crippen molar-refractivity contribution in [3.8, 4) is 5.75 Å². The molecule has 2 nitrogen and oxygen atoms in total. The van der Waals surface area contributed by atoms with Crippen molar-refractivity contribution < 1.29 is 5.11 Å². The van der Waals surface area contributed by atoms with E-state index in [-0.39, 0.29) is 5.75 Å². The Morgan fingerprint density at radius 1 is 1.27 bits per heavy atom. The minimum absolute atomic E-state index is 0.112. The van der Waals surface area contributed by atoms with Crippen LogP contribution in [-0.2, 0) is 0 Å². The predicted octanol–water partition coefficient (Wildman–Crippen LogP) is 1.15. The number of benzene rings is 1. The molecule has 0 aliphatic rings. The number of hydrogen-bond donors (Lipinski definition) is 2. The van der Waals surface area contributed by atoms with E-state index in [0.29, 0.717) is 5.69 Å². The zero-order valence-electron chi connectivity index (χ0n) is 5.46. The van der Waals surface area contributed by atoms with Gasteiger partial charge in [-0.1, -0.05) is 0 Å². The molecule has 5 heteroatoms. The van der Waals surface area contributed by atoms with Crippen molar-refractivity contribution in [2.75, 3.05) is 5.73 Å². The molecule has 0 aliphatic heterocycles. The van der Waals surface area contributed by atoms with E-state index in [0.717, 1.165) is 4.35 Å². The van der Waals surface area contributed by atoms with Crippen molar-refractivity contribution in [1.29, 1.82) is 0 Å². The zero-order valence-corrected chi connectivity index (χ0v) is 8.85. The van der Waals surface area contributed by atoms with E-state index >= 15 is 0 Å². The number of halogens is 2. The van der Waals surface area contributed by atoms with Crippen LogP contribution in [-0.4, -0.2) is 17.9 Å². The summed E-state index contributed by atoms with van der Waals surface area (Å²) >= 11 is -1.94. The van der Waals surface area contributed by atoms with Gasteiger partial charge in [-0.3, -0.25) is 0 Å². The molecule has 1 rings (SSSR count). The molecule has 0 aliphatic carbocycles. The molecule has 3 N–H and O–H groups in total. The number of aromatic hydroxyl groups is 1. The SMILES string of the molecule is Nc1cc(O)cc([As](Cl)Cl)c1. The Hall–Kier alpha value is -0.0416. The van der Waals surface area contributed by atoms with E-state index in [1.54, 1.807) is 6.07 Å². The predicted molar refractivity (Wildman–Crippen MR) is 49.6 cm³/mol. The number of phenolic OH excluding ortho intramolecular Hbond substituents is 1. The summed E-state index contributed by atoms with van der Waals surface area (Å²) in [6, 6.07) is 4.67. The fourth-order valence-electron chi connectivity index (χ4n) is 0.716. The van der Waals surface area contributed by atoms with Crippen molar-refractivity contribution in [3.05, 3.63) is 18.2 Å². The van der Waals surface area contributed by atoms with Crippen LogP contribution in [0.1, 0.15) is 0 Å². The van der Waals surface area contributed by atoms with Gasteiger partial charge in [0.25, 0.3) is 0 Å². The van der Waals surface area contributed by atoms with E-state index in [1.807, 2.05) is 0 Å². The average molecular weight is 254 g/mol. The molecule has 0 atom stereocenters. The van der Waals surface area contributed by atoms with Crippen LogP contribution < -0.4 is 10.1 Å². The van der Waals surface area contributed by atoms with Crippen molar-refractivity contribution in [3.63, 3.8) is 0 Å². The molecule has 0 unspecified atom stereocenters. The monoisotopic (exact) mass is 253 g/mol. The summed E-state index contributed by atoms with van der Waals surface area (Å²) in [7, 11) is 11.4. The first kappa shape index (κ1) is 9.05. The van der Waals surface area contributed by atoms with Gasteiger partial charge in [-0.05, 0) is 0 Å². The number of nitrogens with two attached hydrogens (primary N) is 1. The van der Waals surface area contributed by atoms with Crippen LogP contribution in [0.15, 0.2) is 18.2 Å². The Kier molecular flexibility index (Phi) is 2.94. The quantitative estimate of drug-likeness (QED) is 0.583. The molecule has 0 radical (unpaired) electrons. The molecule has 0 heterocycles. The number of hydrogen-bond acceptors (Lipinski definition) is 2. The van der Waals surface area contributed by atoms with Crippen LogP contribution >= 0.6 is 19.9 Å². The second kappa shape index (κ2) is 3.57. The van der Waals surface area contributed by atoms with E-state index < -0.39 is 12.8 Å². The molecule has 0 bridgehead atoms. The van der Waals surface area contributed by atoms with Crippen LogP contribution in [0, 0.1) is 0 Å². The molecule has 11 heavy (non-hydrogen) atoms.